The summed E-state index contributed by atoms with van der Waals surface area (Å²) >= 11 is 0. The number of benzene rings is 2. The number of aryl methyl sites for hydroxylation is 3. The fourth-order valence-electron chi connectivity index (χ4n) is 3.11. The van der Waals surface area contributed by atoms with E-state index in [0.29, 0.717) is 6.54 Å². The van der Waals surface area contributed by atoms with Crippen LogP contribution >= 0.6 is 0 Å². The molecule has 1 atom stereocenters. The second-order valence-corrected chi connectivity index (χ2v) is 6.23. The van der Waals surface area contributed by atoms with Crippen molar-refractivity contribution in [2.75, 3.05) is 6.54 Å². The van der Waals surface area contributed by atoms with E-state index in [1.165, 1.54) is 28.8 Å². The Labute approximate surface area is 141 Å². The number of nitrogens with zero attached hydrogens (tertiary/aromatic N) is 2. The van der Waals surface area contributed by atoms with E-state index in [4.69, 9.17) is 5.73 Å². The third kappa shape index (κ3) is 3.10. The molecule has 124 valence electrons. The predicted molar refractivity (Wildman–Crippen MR) is 95.4 cm³/mol. The van der Waals surface area contributed by atoms with Crippen molar-refractivity contribution in [3.63, 3.8) is 0 Å². The van der Waals surface area contributed by atoms with Gasteiger partial charge in [-0.25, -0.2) is 4.39 Å². The van der Waals surface area contributed by atoms with Crippen molar-refractivity contribution in [1.82, 2.24) is 9.78 Å². The van der Waals surface area contributed by atoms with Crippen molar-refractivity contribution < 1.29 is 4.39 Å². The lowest BCUT2D eigenvalue weighted by Crippen LogP contribution is -2.18. The quantitative estimate of drug-likeness (QED) is 0.790. The molecule has 0 bridgehead atoms. The second kappa shape index (κ2) is 6.57. The van der Waals surface area contributed by atoms with Crippen molar-refractivity contribution in [3.8, 4) is 11.3 Å². The molecule has 3 nitrogen and oxygen atoms in total. The van der Waals surface area contributed by atoms with Crippen LogP contribution in [0, 0.1) is 19.7 Å². The van der Waals surface area contributed by atoms with Gasteiger partial charge in [-0.2, -0.15) is 5.10 Å². The molecular formula is C20H22FN3. The summed E-state index contributed by atoms with van der Waals surface area (Å²) in [6, 6.07) is 14.9. The Morgan fingerprint density at radius 3 is 2.46 bits per heavy atom. The van der Waals surface area contributed by atoms with E-state index in [0.717, 1.165) is 17.0 Å². The van der Waals surface area contributed by atoms with Crippen molar-refractivity contribution in [2.45, 2.75) is 19.8 Å². The molecule has 0 aliphatic heterocycles. The molecule has 4 heteroatoms. The average molecular weight is 323 g/mol. The first-order valence-corrected chi connectivity index (χ1v) is 8.06. The third-order valence-corrected chi connectivity index (χ3v) is 4.46. The fourth-order valence-corrected chi connectivity index (χ4v) is 3.11. The third-order valence-electron chi connectivity index (χ3n) is 4.46. The van der Waals surface area contributed by atoms with Gasteiger partial charge in [0, 0.05) is 30.8 Å². The van der Waals surface area contributed by atoms with Gasteiger partial charge < -0.3 is 5.73 Å². The Morgan fingerprint density at radius 2 is 1.79 bits per heavy atom. The minimum Gasteiger partial charge on any atom is -0.329 e. The summed E-state index contributed by atoms with van der Waals surface area (Å²) in [5, 5.41) is 4.60. The normalized spacial score (nSPS) is 12.4. The molecule has 0 aliphatic rings. The van der Waals surface area contributed by atoms with Gasteiger partial charge in [0.2, 0.25) is 0 Å². The maximum atomic E-state index is 13.1. The van der Waals surface area contributed by atoms with E-state index >= 15 is 0 Å². The number of aromatic nitrogens is 2. The first kappa shape index (κ1) is 16.4. The fraction of sp³-hybridized carbons (Fsp3) is 0.250. The summed E-state index contributed by atoms with van der Waals surface area (Å²) < 4.78 is 15.0. The van der Waals surface area contributed by atoms with Gasteiger partial charge in [0.25, 0.3) is 0 Å². The molecule has 3 aromatic rings. The Morgan fingerprint density at radius 1 is 1.08 bits per heavy atom. The van der Waals surface area contributed by atoms with Crippen molar-refractivity contribution in [1.29, 1.82) is 0 Å². The van der Waals surface area contributed by atoms with Crippen LogP contribution in [0.2, 0.25) is 0 Å². The van der Waals surface area contributed by atoms with Crippen LogP contribution in [0.15, 0.2) is 48.5 Å². The summed E-state index contributed by atoms with van der Waals surface area (Å²) in [4.78, 5) is 0. The van der Waals surface area contributed by atoms with Gasteiger partial charge in [-0.05, 0) is 55.3 Å². The summed E-state index contributed by atoms with van der Waals surface area (Å²) in [5.41, 5.74) is 12.6. The number of halogens is 1. The van der Waals surface area contributed by atoms with Crippen LogP contribution in [0.5, 0.6) is 0 Å². The lowest BCUT2D eigenvalue weighted by Gasteiger charge is -2.18. The van der Waals surface area contributed by atoms with Gasteiger partial charge in [-0.15, -0.1) is 0 Å². The molecule has 0 aliphatic carbocycles. The topological polar surface area (TPSA) is 43.8 Å². The molecule has 2 aromatic carbocycles. The van der Waals surface area contributed by atoms with Crippen LogP contribution in [0.3, 0.4) is 0 Å². The molecule has 0 saturated carbocycles. The Hall–Kier alpha value is -2.46. The Balaban J connectivity index is 2.04. The summed E-state index contributed by atoms with van der Waals surface area (Å²) in [7, 11) is 1.93. The van der Waals surface area contributed by atoms with Crippen molar-refractivity contribution >= 4 is 0 Å². The zero-order chi connectivity index (χ0) is 17.3. The van der Waals surface area contributed by atoms with Crippen LogP contribution in [0.1, 0.15) is 28.3 Å². The first-order chi connectivity index (χ1) is 11.5. The van der Waals surface area contributed by atoms with Gasteiger partial charge in [-0.3, -0.25) is 4.68 Å². The lowest BCUT2D eigenvalue weighted by molar-refractivity contribution is 0.628. The molecular weight excluding hydrogens is 301 g/mol. The molecule has 0 saturated heterocycles. The van der Waals surface area contributed by atoms with Gasteiger partial charge in [-0.1, -0.05) is 23.8 Å². The highest BCUT2D eigenvalue weighted by Crippen LogP contribution is 2.30. The van der Waals surface area contributed by atoms with Gasteiger partial charge in [0.15, 0.2) is 0 Å². The van der Waals surface area contributed by atoms with Gasteiger partial charge >= 0.3 is 0 Å². The van der Waals surface area contributed by atoms with Crippen LogP contribution in [-0.2, 0) is 7.05 Å². The summed E-state index contributed by atoms with van der Waals surface area (Å²) in [6.07, 6.45) is 0. The smallest absolute Gasteiger partial charge is 0.123 e. The zero-order valence-corrected chi connectivity index (χ0v) is 14.3. The molecule has 24 heavy (non-hydrogen) atoms. The minimum atomic E-state index is -0.245. The molecule has 1 aromatic heterocycles. The number of nitrogens with two attached hydrogens (primary N) is 1. The van der Waals surface area contributed by atoms with E-state index in [9.17, 15) is 4.39 Å². The van der Waals surface area contributed by atoms with Crippen LogP contribution in [-0.4, -0.2) is 16.3 Å². The molecule has 0 amide bonds. The van der Waals surface area contributed by atoms with Crippen LogP contribution < -0.4 is 5.73 Å². The first-order valence-electron chi connectivity index (χ1n) is 8.06. The monoisotopic (exact) mass is 323 g/mol. The SMILES string of the molecule is Cc1ccc(C)c(C(CN)c2cc(-c3ccc(F)cc3)nn2C)c1. The highest BCUT2D eigenvalue weighted by Gasteiger charge is 2.20. The molecule has 0 spiro atoms. The Bertz CT molecular complexity index is 850. The van der Waals surface area contributed by atoms with E-state index in [-0.39, 0.29) is 11.7 Å². The zero-order valence-electron chi connectivity index (χ0n) is 14.3. The molecule has 1 unspecified atom stereocenters. The van der Waals surface area contributed by atoms with E-state index in [2.05, 4.69) is 37.1 Å². The molecule has 2 N–H and O–H groups in total. The number of hydrogen-bond acceptors (Lipinski definition) is 2. The maximum Gasteiger partial charge on any atom is 0.123 e. The predicted octanol–water partition coefficient (Wildman–Crippen LogP) is 3.93. The standard InChI is InChI=1S/C20H22FN3/c1-13-4-5-14(2)17(10-13)18(12-22)20-11-19(23-24(20)3)15-6-8-16(21)9-7-15/h4-11,18H,12,22H2,1-3H3. The van der Waals surface area contributed by atoms with Crippen molar-refractivity contribution in [2.24, 2.45) is 12.8 Å². The van der Waals surface area contributed by atoms with E-state index in [1.807, 2.05) is 17.8 Å². The highest BCUT2D eigenvalue weighted by atomic mass is 19.1. The molecule has 0 radical (unpaired) electrons. The largest absolute Gasteiger partial charge is 0.329 e. The van der Waals surface area contributed by atoms with E-state index in [1.54, 1.807) is 12.1 Å². The lowest BCUT2D eigenvalue weighted by atomic mass is 9.90. The van der Waals surface area contributed by atoms with Gasteiger partial charge in [0.05, 0.1) is 5.69 Å². The minimum absolute atomic E-state index is 0.0802. The van der Waals surface area contributed by atoms with E-state index < -0.39 is 0 Å². The van der Waals surface area contributed by atoms with Crippen LogP contribution in [0.25, 0.3) is 11.3 Å². The van der Waals surface area contributed by atoms with Crippen molar-refractivity contribution in [3.05, 3.63) is 76.7 Å². The maximum absolute atomic E-state index is 13.1. The number of rotatable bonds is 4. The van der Waals surface area contributed by atoms with Crippen LogP contribution in [0.4, 0.5) is 4.39 Å². The molecule has 1 heterocycles. The second-order valence-electron chi connectivity index (χ2n) is 6.23. The Kier molecular flexibility index (Phi) is 4.49. The summed E-state index contributed by atoms with van der Waals surface area (Å²) in [6.45, 7) is 4.70. The number of hydrogen-bond donors (Lipinski definition) is 1. The average Bonchev–Trinajstić information content (AvgIpc) is 2.94. The molecule has 3 rings (SSSR count). The van der Waals surface area contributed by atoms with Gasteiger partial charge in [0.1, 0.15) is 5.82 Å². The highest BCUT2D eigenvalue weighted by molar-refractivity contribution is 5.60. The summed E-state index contributed by atoms with van der Waals surface area (Å²) in [5.74, 6) is -0.165. The molecule has 0 fully saturated rings.